The van der Waals surface area contributed by atoms with Crippen molar-refractivity contribution in [2.24, 2.45) is 18.9 Å². The van der Waals surface area contributed by atoms with E-state index >= 15 is 0 Å². The van der Waals surface area contributed by atoms with Gasteiger partial charge in [0, 0.05) is 38.2 Å². The molecule has 0 aromatic carbocycles. The number of hydrogen-bond donors (Lipinski definition) is 1. The molecule has 1 aromatic heterocycles. The predicted molar refractivity (Wildman–Crippen MR) is 91.7 cm³/mol. The molecular formula is C18H29N3O3. The van der Waals surface area contributed by atoms with Crippen molar-refractivity contribution in [3.8, 4) is 0 Å². The van der Waals surface area contributed by atoms with Gasteiger partial charge >= 0.3 is 5.97 Å². The van der Waals surface area contributed by atoms with Gasteiger partial charge in [-0.1, -0.05) is 6.92 Å². The van der Waals surface area contributed by atoms with Crippen LogP contribution in [0.5, 0.6) is 0 Å². The van der Waals surface area contributed by atoms with Crippen LogP contribution in [0.15, 0.2) is 0 Å². The first-order valence-electron chi connectivity index (χ1n) is 8.79. The van der Waals surface area contributed by atoms with Crippen molar-refractivity contribution in [1.29, 1.82) is 0 Å². The first-order chi connectivity index (χ1) is 11.3. The second kappa shape index (κ2) is 7.81. The topological polar surface area (TPSA) is 75.4 Å². The minimum atomic E-state index is -0.755. The summed E-state index contributed by atoms with van der Waals surface area (Å²) in [5, 5.41) is 13.3. The van der Waals surface area contributed by atoms with Crippen LogP contribution in [0.1, 0.15) is 49.6 Å². The Morgan fingerprint density at radius 3 is 2.67 bits per heavy atom. The van der Waals surface area contributed by atoms with E-state index in [1.807, 2.05) is 37.4 Å². The van der Waals surface area contributed by atoms with Gasteiger partial charge in [-0.15, -0.1) is 0 Å². The van der Waals surface area contributed by atoms with Gasteiger partial charge in [-0.05, 0) is 51.0 Å². The molecule has 2 atom stereocenters. The zero-order valence-corrected chi connectivity index (χ0v) is 15.2. The van der Waals surface area contributed by atoms with E-state index in [-0.39, 0.29) is 18.2 Å². The minimum Gasteiger partial charge on any atom is -0.481 e. The number of rotatable bonds is 6. The average Bonchev–Trinajstić information content (AvgIpc) is 2.78. The number of carbonyl (C=O) groups is 2. The molecule has 1 aliphatic rings. The number of amides is 1. The Balaban J connectivity index is 1.95. The smallest absolute Gasteiger partial charge is 0.303 e. The Hall–Kier alpha value is -1.85. The molecule has 0 saturated carbocycles. The van der Waals surface area contributed by atoms with Gasteiger partial charge in [0.25, 0.3) is 0 Å². The quantitative estimate of drug-likeness (QED) is 0.865. The number of carbonyl (C=O) groups excluding carboxylic acids is 1. The molecule has 6 nitrogen and oxygen atoms in total. The van der Waals surface area contributed by atoms with Crippen molar-refractivity contribution < 1.29 is 14.7 Å². The molecule has 1 N–H and O–H groups in total. The van der Waals surface area contributed by atoms with Crippen molar-refractivity contribution in [3.05, 3.63) is 17.0 Å². The molecule has 2 unspecified atom stereocenters. The number of carboxylic acid groups (broad SMARTS) is 1. The Bertz CT molecular complexity index is 609. The van der Waals surface area contributed by atoms with Crippen LogP contribution < -0.4 is 0 Å². The van der Waals surface area contributed by atoms with Crippen LogP contribution in [0, 0.1) is 25.7 Å². The van der Waals surface area contributed by atoms with Gasteiger partial charge in [-0.3, -0.25) is 14.3 Å². The molecule has 0 aliphatic carbocycles. The highest BCUT2D eigenvalue weighted by Crippen LogP contribution is 2.24. The fourth-order valence-electron chi connectivity index (χ4n) is 3.65. The Labute approximate surface area is 143 Å². The first kappa shape index (κ1) is 18.5. The van der Waals surface area contributed by atoms with Gasteiger partial charge in [0.15, 0.2) is 0 Å². The van der Waals surface area contributed by atoms with E-state index in [0.29, 0.717) is 25.3 Å². The van der Waals surface area contributed by atoms with E-state index < -0.39 is 5.97 Å². The zero-order chi connectivity index (χ0) is 17.9. The van der Waals surface area contributed by atoms with Gasteiger partial charge in [-0.25, -0.2) is 0 Å². The normalized spacial score (nSPS) is 19.3. The number of piperidine rings is 1. The van der Waals surface area contributed by atoms with Crippen molar-refractivity contribution in [1.82, 2.24) is 14.7 Å². The van der Waals surface area contributed by atoms with Crippen molar-refractivity contribution in [2.75, 3.05) is 13.1 Å². The lowest BCUT2D eigenvalue weighted by Gasteiger charge is -2.34. The summed E-state index contributed by atoms with van der Waals surface area (Å²) in [5.41, 5.74) is 3.27. The largest absolute Gasteiger partial charge is 0.481 e. The van der Waals surface area contributed by atoms with E-state index in [0.717, 1.165) is 36.3 Å². The lowest BCUT2D eigenvalue weighted by Crippen LogP contribution is -2.43. The number of likely N-dealkylation sites (tertiary alicyclic amines) is 1. The average molecular weight is 335 g/mol. The third kappa shape index (κ3) is 4.36. The van der Waals surface area contributed by atoms with Crippen LogP contribution in [-0.4, -0.2) is 44.8 Å². The Morgan fingerprint density at radius 1 is 1.38 bits per heavy atom. The summed E-state index contributed by atoms with van der Waals surface area (Å²) in [6, 6.07) is 0. The molecule has 6 heteroatoms. The maximum atomic E-state index is 12.8. The summed E-state index contributed by atoms with van der Waals surface area (Å²) in [7, 11) is 1.93. The number of aryl methyl sites for hydroxylation is 2. The van der Waals surface area contributed by atoms with E-state index in [1.54, 1.807) is 0 Å². The molecule has 2 heterocycles. The summed E-state index contributed by atoms with van der Waals surface area (Å²) in [4.78, 5) is 25.5. The number of hydrogen-bond acceptors (Lipinski definition) is 3. The van der Waals surface area contributed by atoms with Crippen LogP contribution in [0.2, 0.25) is 0 Å². The molecule has 0 bridgehead atoms. The molecule has 1 saturated heterocycles. The second-order valence-corrected chi connectivity index (χ2v) is 7.10. The number of carboxylic acids is 1. The van der Waals surface area contributed by atoms with Gasteiger partial charge < -0.3 is 10.0 Å². The molecule has 1 aliphatic heterocycles. The van der Waals surface area contributed by atoms with E-state index in [4.69, 9.17) is 5.11 Å². The molecular weight excluding hydrogens is 306 g/mol. The highest BCUT2D eigenvalue weighted by molar-refractivity contribution is 5.79. The van der Waals surface area contributed by atoms with E-state index in [1.165, 1.54) is 0 Å². The molecule has 0 radical (unpaired) electrons. The zero-order valence-electron chi connectivity index (χ0n) is 15.2. The second-order valence-electron chi connectivity index (χ2n) is 7.10. The maximum absolute atomic E-state index is 12.8. The summed E-state index contributed by atoms with van der Waals surface area (Å²) in [5.74, 6) is -0.343. The third-order valence-corrected chi connectivity index (χ3v) is 5.19. The molecule has 1 amide bonds. The van der Waals surface area contributed by atoms with Crippen LogP contribution in [0.4, 0.5) is 0 Å². The molecule has 0 spiro atoms. The summed E-state index contributed by atoms with van der Waals surface area (Å²) in [6.45, 7) is 7.49. The van der Waals surface area contributed by atoms with Gasteiger partial charge in [0.1, 0.15) is 0 Å². The summed E-state index contributed by atoms with van der Waals surface area (Å²) in [6.07, 6.45) is 3.55. The highest BCUT2D eigenvalue weighted by atomic mass is 16.4. The van der Waals surface area contributed by atoms with Crippen LogP contribution in [0.3, 0.4) is 0 Å². The van der Waals surface area contributed by atoms with Crippen LogP contribution in [-0.2, 0) is 23.1 Å². The molecule has 1 aromatic rings. The fourth-order valence-corrected chi connectivity index (χ4v) is 3.65. The standard InChI is InChI=1S/C18H29N3O3/c1-12(10-16-13(2)19-20(4)14(16)3)18(24)21-9-5-6-15(11-21)7-8-17(22)23/h12,15H,5-11H2,1-4H3,(H,22,23). The summed E-state index contributed by atoms with van der Waals surface area (Å²) >= 11 is 0. The van der Waals surface area contributed by atoms with Crippen LogP contribution >= 0.6 is 0 Å². The number of nitrogens with zero attached hydrogens (tertiary/aromatic N) is 3. The van der Waals surface area contributed by atoms with Gasteiger partial charge in [0.2, 0.25) is 5.91 Å². The fraction of sp³-hybridized carbons (Fsp3) is 0.722. The lowest BCUT2D eigenvalue weighted by molar-refractivity contribution is -0.137. The molecule has 1 fully saturated rings. The van der Waals surface area contributed by atoms with E-state index in [9.17, 15) is 9.59 Å². The number of aliphatic carboxylic acids is 1. The maximum Gasteiger partial charge on any atom is 0.303 e. The van der Waals surface area contributed by atoms with Crippen molar-refractivity contribution >= 4 is 11.9 Å². The Morgan fingerprint density at radius 2 is 2.08 bits per heavy atom. The highest BCUT2D eigenvalue weighted by Gasteiger charge is 2.28. The monoisotopic (exact) mass is 335 g/mol. The predicted octanol–water partition coefficient (Wildman–Crippen LogP) is 2.32. The summed E-state index contributed by atoms with van der Waals surface area (Å²) < 4.78 is 1.87. The third-order valence-electron chi connectivity index (χ3n) is 5.19. The SMILES string of the molecule is Cc1nn(C)c(C)c1CC(C)C(=O)N1CCCC(CCC(=O)O)C1. The van der Waals surface area contributed by atoms with Gasteiger partial charge in [-0.2, -0.15) is 5.10 Å². The number of aromatic nitrogens is 2. The van der Waals surface area contributed by atoms with E-state index in [2.05, 4.69) is 5.10 Å². The van der Waals surface area contributed by atoms with Gasteiger partial charge in [0.05, 0.1) is 5.69 Å². The lowest BCUT2D eigenvalue weighted by atomic mass is 9.91. The molecule has 2 rings (SSSR count). The van der Waals surface area contributed by atoms with Crippen molar-refractivity contribution in [2.45, 2.75) is 52.9 Å². The first-order valence-corrected chi connectivity index (χ1v) is 8.79. The van der Waals surface area contributed by atoms with Crippen molar-refractivity contribution in [3.63, 3.8) is 0 Å². The molecule has 24 heavy (non-hydrogen) atoms. The Kier molecular flexibility index (Phi) is 6.02. The minimum absolute atomic E-state index is 0.0789. The van der Waals surface area contributed by atoms with Crippen LogP contribution in [0.25, 0.3) is 0 Å². The molecule has 134 valence electrons.